The van der Waals surface area contributed by atoms with Crippen LogP contribution in [0, 0.1) is 0 Å². The van der Waals surface area contributed by atoms with Crippen LogP contribution in [-0.2, 0) is 0 Å². The van der Waals surface area contributed by atoms with Gasteiger partial charge in [0.1, 0.15) is 6.17 Å². The number of rotatable bonds is 1. The Bertz CT molecular complexity index is 183. The van der Waals surface area contributed by atoms with Crippen molar-refractivity contribution >= 4 is 0 Å². The molecule has 2 atom stereocenters. The lowest BCUT2D eigenvalue weighted by Crippen LogP contribution is -2.53. The Morgan fingerprint density at radius 3 is 2.57 bits per heavy atom. The Labute approximate surface area is 84.3 Å². The minimum atomic E-state index is -0.737. The van der Waals surface area contributed by atoms with E-state index in [0.29, 0.717) is 6.54 Å². The van der Waals surface area contributed by atoms with Gasteiger partial charge in [0.05, 0.1) is 6.10 Å². The maximum absolute atomic E-state index is 13.6. The molecule has 0 bridgehead atoms. The molecule has 0 aliphatic carbocycles. The topological polar surface area (TPSA) is 35.5 Å². The number of hydrogen-bond donors (Lipinski definition) is 2. The van der Waals surface area contributed by atoms with Gasteiger partial charge in [-0.3, -0.25) is 4.90 Å². The summed E-state index contributed by atoms with van der Waals surface area (Å²) in [6, 6.07) is 0.0868. The van der Waals surface area contributed by atoms with E-state index < -0.39 is 6.17 Å². The van der Waals surface area contributed by atoms with E-state index in [0.717, 1.165) is 38.9 Å². The summed E-state index contributed by atoms with van der Waals surface area (Å²) in [4.78, 5) is 2.21. The summed E-state index contributed by atoms with van der Waals surface area (Å²) in [5.41, 5.74) is 0. The van der Waals surface area contributed by atoms with Crippen molar-refractivity contribution in [2.45, 2.75) is 37.6 Å². The van der Waals surface area contributed by atoms with Gasteiger partial charge >= 0.3 is 0 Å². The van der Waals surface area contributed by atoms with Gasteiger partial charge in [0.2, 0.25) is 0 Å². The summed E-state index contributed by atoms with van der Waals surface area (Å²) < 4.78 is 13.6. The standard InChI is InChI=1S/C10H19FN2O/c11-9-7-12-4-1-10(9)13-5-2-8(14)3-6-13/h8-10,12,14H,1-7H2/t9-,10-/m1/s1. The molecule has 2 rings (SSSR count). The van der Waals surface area contributed by atoms with Gasteiger partial charge in [-0.05, 0) is 25.8 Å². The SMILES string of the molecule is OC1CCN([C@@H]2CCNC[C@H]2F)CC1. The first-order valence-corrected chi connectivity index (χ1v) is 5.54. The molecule has 0 amide bonds. The number of piperidine rings is 2. The average Bonchev–Trinajstić information content (AvgIpc) is 2.20. The van der Waals surface area contributed by atoms with Crippen LogP contribution >= 0.6 is 0 Å². The molecule has 0 spiro atoms. The number of nitrogens with zero attached hydrogens (tertiary/aromatic N) is 1. The van der Waals surface area contributed by atoms with E-state index in [1.165, 1.54) is 0 Å². The van der Waals surface area contributed by atoms with Crippen LogP contribution in [0.2, 0.25) is 0 Å². The number of aliphatic hydroxyl groups is 1. The zero-order valence-corrected chi connectivity index (χ0v) is 8.45. The first kappa shape index (κ1) is 10.3. The molecule has 2 saturated heterocycles. The largest absolute Gasteiger partial charge is 0.393 e. The highest BCUT2D eigenvalue weighted by atomic mass is 19.1. The quantitative estimate of drug-likeness (QED) is 0.635. The highest BCUT2D eigenvalue weighted by Gasteiger charge is 2.31. The molecule has 0 aromatic carbocycles. The molecule has 0 saturated carbocycles. The van der Waals surface area contributed by atoms with Crippen LogP contribution in [0.1, 0.15) is 19.3 Å². The number of aliphatic hydroxyl groups excluding tert-OH is 1. The van der Waals surface area contributed by atoms with Crippen molar-refractivity contribution in [1.82, 2.24) is 10.2 Å². The van der Waals surface area contributed by atoms with E-state index in [-0.39, 0.29) is 12.1 Å². The molecular formula is C10H19FN2O. The fourth-order valence-electron chi connectivity index (χ4n) is 2.44. The molecule has 4 heteroatoms. The third kappa shape index (κ3) is 2.24. The monoisotopic (exact) mass is 202 g/mol. The molecule has 0 radical (unpaired) electrons. The zero-order valence-electron chi connectivity index (χ0n) is 8.45. The lowest BCUT2D eigenvalue weighted by Gasteiger charge is -2.39. The second-order valence-corrected chi connectivity index (χ2v) is 4.34. The summed E-state index contributed by atoms with van der Waals surface area (Å²) in [5, 5.41) is 12.4. The van der Waals surface area contributed by atoms with Gasteiger partial charge in [0, 0.05) is 25.7 Å². The lowest BCUT2D eigenvalue weighted by molar-refractivity contribution is 0.0240. The van der Waals surface area contributed by atoms with Crippen molar-refractivity contribution in [1.29, 1.82) is 0 Å². The van der Waals surface area contributed by atoms with Gasteiger partial charge in [-0.15, -0.1) is 0 Å². The van der Waals surface area contributed by atoms with E-state index in [1.807, 2.05) is 0 Å². The Kier molecular flexibility index (Phi) is 3.36. The molecule has 0 aromatic rings. The Balaban J connectivity index is 1.87. The second kappa shape index (κ2) is 4.55. The van der Waals surface area contributed by atoms with E-state index >= 15 is 0 Å². The zero-order chi connectivity index (χ0) is 9.97. The van der Waals surface area contributed by atoms with E-state index in [1.54, 1.807) is 0 Å². The first-order chi connectivity index (χ1) is 6.77. The Hall–Kier alpha value is -0.190. The van der Waals surface area contributed by atoms with Crippen LogP contribution in [0.3, 0.4) is 0 Å². The third-order valence-corrected chi connectivity index (χ3v) is 3.34. The molecule has 2 N–H and O–H groups in total. The second-order valence-electron chi connectivity index (χ2n) is 4.34. The van der Waals surface area contributed by atoms with Crippen molar-refractivity contribution in [3.63, 3.8) is 0 Å². The van der Waals surface area contributed by atoms with Crippen molar-refractivity contribution in [2.24, 2.45) is 0 Å². The number of alkyl halides is 1. The smallest absolute Gasteiger partial charge is 0.128 e. The predicted octanol–water partition coefficient (Wildman–Crippen LogP) is 0.143. The molecule has 82 valence electrons. The van der Waals surface area contributed by atoms with Gasteiger partial charge in [0.25, 0.3) is 0 Å². The third-order valence-electron chi connectivity index (χ3n) is 3.34. The molecule has 0 aromatic heterocycles. The summed E-state index contributed by atoms with van der Waals surface area (Å²) in [6.45, 7) is 3.12. The van der Waals surface area contributed by atoms with Gasteiger partial charge in [-0.25, -0.2) is 4.39 Å². The molecule has 14 heavy (non-hydrogen) atoms. The summed E-state index contributed by atoms with van der Waals surface area (Å²) >= 11 is 0. The van der Waals surface area contributed by atoms with Crippen molar-refractivity contribution in [3.05, 3.63) is 0 Å². The lowest BCUT2D eigenvalue weighted by atomic mass is 9.99. The minimum Gasteiger partial charge on any atom is -0.393 e. The molecular weight excluding hydrogens is 183 g/mol. The summed E-state index contributed by atoms with van der Waals surface area (Å²) in [7, 11) is 0. The van der Waals surface area contributed by atoms with Crippen LogP contribution < -0.4 is 5.32 Å². The number of nitrogens with one attached hydrogen (secondary N) is 1. The minimum absolute atomic E-state index is 0.0868. The van der Waals surface area contributed by atoms with Crippen LogP contribution in [0.5, 0.6) is 0 Å². The molecule has 0 unspecified atom stereocenters. The van der Waals surface area contributed by atoms with E-state index in [4.69, 9.17) is 0 Å². The van der Waals surface area contributed by atoms with E-state index in [2.05, 4.69) is 10.2 Å². The van der Waals surface area contributed by atoms with Crippen LogP contribution in [0.15, 0.2) is 0 Å². The molecule has 2 heterocycles. The van der Waals surface area contributed by atoms with Crippen LogP contribution in [0.4, 0.5) is 4.39 Å². The average molecular weight is 202 g/mol. The number of likely N-dealkylation sites (tertiary alicyclic amines) is 1. The Morgan fingerprint density at radius 1 is 1.21 bits per heavy atom. The van der Waals surface area contributed by atoms with Gasteiger partial charge < -0.3 is 10.4 Å². The van der Waals surface area contributed by atoms with Crippen molar-refractivity contribution in [2.75, 3.05) is 26.2 Å². The highest BCUT2D eigenvalue weighted by Crippen LogP contribution is 2.20. The number of halogens is 1. The summed E-state index contributed by atoms with van der Waals surface area (Å²) in [6.07, 6.45) is 1.61. The van der Waals surface area contributed by atoms with Crippen molar-refractivity contribution < 1.29 is 9.50 Å². The molecule has 2 fully saturated rings. The fraction of sp³-hybridized carbons (Fsp3) is 1.00. The molecule has 2 aliphatic rings. The maximum Gasteiger partial charge on any atom is 0.128 e. The fourth-order valence-corrected chi connectivity index (χ4v) is 2.44. The van der Waals surface area contributed by atoms with Crippen LogP contribution in [-0.4, -0.2) is 54.5 Å². The van der Waals surface area contributed by atoms with Gasteiger partial charge in [-0.1, -0.05) is 0 Å². The van der Waals surface area contributed by atoms with Crippen molar-refractivity contribution in [3.8, 4) is 0 Å². The van der Waals surface area contributed by atoms with Gasteiger partial charge in [0.15, 0.2) is 0 Å². The molecule has 2 aliphatic heterocycles. The summed E-state index contributed by atoms with van der Waals surface area (Å²) in [5.74, 6) is 0. The van der Waals surface area contributed by atoms with E-state index in [9.17, 15) is 9.50 Å². The first-order valence-electron chi connectivity index (χ1n) is 5.54. The highest BCUT2D eigenvalue weighted by molar-refractivity contribution is 4.87. The number of hydrogen-bond acceptors (Lipinski definition) is 3. The molecule has 3 nitrogen and oxygen atoms in total. The maximum atomic E-state index is 13.6. The Morgan fingerprint density at radius 2 is 1.93 bits per heavy atom. The predicted molar refractivity (Wildman–Crippen MR) is 53.0 cm³/mol. The normalized spacial score (nSPS) is 37.3. The van der Waals surface area contributed by atoms with Gasteiger partial charge in [-0.2, -0.15) is 0 Å². The van der Waals surface area contributed by atoms with Crippen LogP contribution in [0.25, 0.3) is 0 Å².